The third-order valence-electron chi connectivity index (χ3n) is 4.79. The molecule has 1 aliphatic rings. The molecule has 0 spiro atoms. The van der Waals surface area contributed by atoms with Crippen LogP contribution in [0.25, 0.3) is 0 Å². The van der Waals surface area contributed by atoms with Crippen LogP contribution in [0.2, 0.25) is 5.02 Å². The minimum atomic E-state index is -0.0893. The van der Waals surface area contributed by atoms with Gasteiger partial charge in [-0.1, -0.05) is 37.6 Å². The number of halogens is 1. The molecule has 1 fully saturated rings. The molecule has 1 atom stereocenters. The van der Waals surface area contributed by atoms with E-state index in [1.54, 1.807) is 0 Å². The monoisotopic (exact) mass is 350 g/mol. The first kappa shape index (κ1) is 18.8. The maximum atomic E-state index is 12.4. The standard InChI is InChI=1S/C19H27ClN2O2/c1-3-17(4-2)21-19(24)15-7-10-18(23)22(13-15)12-11-14-5-8-16(20)9-6-14/h5-6,8-9,15,17H,3-4,7,10-13H2,1-2H3,(H,21,24)/t15-/m1/s1. The lowest BCUT2D eigenvalue weighted by atomic mass is 9.95. The van der Waals surface area contributed by atoms with Crippen molar-refractivity contribution < 1.29 is 9.59 Å². The van der Waals surface area contributed by atoms with Crippen molar-refractivity contribution in [2.45, 2.75) is 52.0 Å². The molecule has 1 N–H and O–H groups in total. The topological polar surface area (TPSA) is 49.4 Å². The van der Waals surface area contributed by atoms with Gasteiger partial charge in [-0.05, 0) is 43.4 Å². The number of nitrogens with one attached hydrogen (secondary N) is 1. The number of piperidine rings is 1. The summed E-state index contributed by atoms with van der Waals surface area (Å²) >= 11 is 5.89. The second kappa shape index (κ2) is 9.07. The third-order valence-corrected chi connectivity index (χ3v) is 5.04. The van der Waals surface area contributed by atoms with Crippen molar-refractivity contribution in [2.75, 3.05) is 13.1 Å². The largest absolute Gasteiger partial charge is 0.353 e. The van der Waals surface area contributed by atoms with Gasteiger partial charge in [0.05, 0.1) is 5.92 Å². The summed E-state index contributed by atoms with van der Waals surface area (Å²) in [5, 5.41) is 3.82. The van der Waals surface area contributed by atoms with Crippen molar-refractivity contribution in [2.24, 2.45) is 5.92 Å². The number of amides is 2. The van der Waals surface area contributed by atoms with Crippen LogP contribution in [-0.2, 0) is 16.0 Å². The fraction of sp³-hybridized carbons (Fsp3) is 0.579. The maximum Gasteiger partial charge on any atom is 0.225 e. The number of hydrogen-bond donors (Lipinski definition) is 1. The van der Waals surface area contributed by atoms with Crippen molar-refractivity contribution in [3.05, 3.63) is 34.9 Å². The SMILES string of the molecule is CCC(CC)NC(=O)[C@@H]1CCC(=O)N(CCc2ccc(Cl)cc2)C1. The molecular formula is C19H27ClN2O2. The van der Waals surface area contributed by atoms with Gasteiger partial charge in [0.1, 0.15) is 0 Å². The molecule has 1 heterocycles. The number of benzene rings is 1. The first-order chi connectivity index (χ1) is 11.5. The van der Waals surface area contributed by atoms with Crippen LogP contribution >= 0.6 is 11.6 Å². The van der Waals surface area contributed by atoms with Gasteiger partial charge in [-0.2, -0.15) is 0 Å². The highest BCUT2D eigenvalue weighted by atomic mass is 35.5. The second-order valence-electron chi connectivity index (χ2n) is 6.47. The Morgan fingerprint density at radius 3 is 2.58 bits per heavy atom. The van der Waals surface area contributed by atoms with Gasteiger partial charge in [0.2, 0.25) is 11.8 Å². The summed E-state index contributed by atoms with van der Waals surface area (Å²) in [4.78, 5) is 26.4. The highest BCUT2D eigenvalue weighted by molar-refractivity contribution is 6.30. The molecule has 5 heteroatoms. The van der Waals surface area contributed by atoms with E-state index in [4.69, 9.17) is 11.6 Å². The Bertz CT molecular complexity index is 555. The van der Waals surface area contributed by atoms with Gasteiger partial charge in [-0.15, -0.1) is 0 Å². The van der Waals surface area contributed by atoms with Crippen LogP contribution in [-0.4, -0.2) is 35.8 Å². The molecule has 0 aromatic heterocycles. The molecule has 0 bridgehead atoms. The van der Waals surface area contributed by atoms with Gasteiger partial charge in [0.25, 0.3) is 0 Å². The van der Waals surface area contributed by atoms with Crippen molar-refractivity contribution in [3.8, 4) is 0 Å². The zero-order chi connectivity index (χ0) is 17.5. The van der Waals surface area contributed by atoms with E-state index in [0.29, 0.717) is 31.0 Å². The maximum absolute atomic E-state index is 12.4. The Balaban J connectivity index is 1.89. The Morgan fingerprint density at radius 2 is 1.96 bits per heavy atom. The molecule has 1 saturated heterocycles. The molecule has 0 saturated carbocycles. The van der Waals surface area contributed by atoms with Gasteiger partial charge >= 0.3 is 0 Å². The van der Waals surface area contributed by atoms with E-state index in [2.05, 4.69) is 19.2 Å². The Labute approximate surface area is 149 Å². The number of nitrogens with zero attached hydrogens (tertiary/aromatic N) is 1. The highest BCUT2D eigenvalue weighted by Gasteiger charge is 2.30. The quantitative estimate of drug-likeness (QED) is 0.819. The number of carbonyl (C=O) groups is 2. The Morgan fingerprint density at radius 1 is 1.29 bits per heavy atom. The summed E-state index contributed by atoms with van der Waals surface area (Å²) in [5.41, 5.74) is 1.15. The number of likely N-dealkylation sites (tertiary alicyclic amines) is 1. The normalized spacial score (nSPS) is 18.1. The lowest BCUT2D eigenvalue weighted by Gasteiger charge is -2.32. The highest BCUT2D eigenvalue weighted by Crippen LogP contribution is 2.19. The number of rotatable bonds is 7. The van der Waals surface area contributed by atoms with Crippen LogP contribution in [0.3, 0.4) is 0 Å². The van der Waals surface area contributed by atoms with E-state index in [1.807, 2.05) is 29.2 Å². The fourth-order valence-corrected chi connectivity index (χ4v) is 3.20. The summed E-state index contributed by atoms with van der Waals surface area (Å²) in [5.74, 6) is 0.150. The van der Waals surface area contributed by atoms with E-state index in [0.717, 1.165) is 24.8 Å². The lowest BCUT2D eigenvalue weighted by Crippen LogP contribution is -2.48. The minimum Gasteiger partial charge on any atom is -0.353 e. The molecule has 2 amide bonds. The van der Waals surface area contributed by atoms with Crippen LogP contribution < -0.4 is 5.32 Å². The van der Waals surface area contributed by atoms with Gasteiger partial charge in [0, 0.05) is 30.6 Å². The van der Waals surface area contributed by atoms with E-state index < -0.39 is 0 Å². The molecule has 0 aliphatic carbocycles. The Kier molecular flexibility index (Phi) is 7.10. The van der Waals surface area contributed by atoms with Gasteiger partial charge < -0.3 is 10.2 Å². The molecule has 0 radical (unpaired) electrons. The minimum absolute atomic E-state index is 0.0893. The summed E-state index contributed by atoms with van der Waals surface area (Å²) in [6, 6.07) is 7.92. The van der Waals surface area contributed by atoms with Crippen LogP contribution in [0.5, 0.6) is 0 Å². The van der Waals surface area contributed by atoms with Crippen molar-refractivity contribution in [1.82, 2.24) is 10.2 Å². The summed E-state index contributed by atoms with van der Waals surface area (Å²) in [6.07, 6.45) is 3.77. The summed E-state index contributed by atoms with van der Waals surface area (Å²) in [6.45, 7) is 5.34. The molecule has 1 aromatic rings. The van der Waals surface area contributed by atoms with Crippen molar-refractivity contribution >= 4 is 23.4 Å². The molecule has 1 aromatic carbocycles. The average Bonchev–Trinajstić information content (AvgIpc) is 2.60. The number of carbonyl (C=O) groups excluding carboxylic acids is 2. The van der Waals surface area contributed by atoms with Gasteiger partial charge in [-0.25, -0.2) is 0 Å². The van der Waals surface area contributed by atoms with E-state index in [-0.39, 0.29) is 23.8 Å². The summed E-state index contributed by atoms with van der Waals surface area (Å²) < 4.78 is 0. The molecule has 2 rings (SSSR count). The molecule has 4 nitrogen and oxygen atoms in total. The predicted octanol–water partition coefficient (Wildman–Crippen LogP) is 3.43. The zero-order valence-electron chi connectivity index (χ0n) is 14.6. The fourth-order valence-electron chi connectivity index (χ4n) is 3.07. The third kappa shape index (κ3) is 5.23. The first-order valence-corrected chi connectivity index (χ1v) is 9.23. The van der Waals surface area contributed by atoms with Crippen LogP contribution in [0.15, 0.2) is 24.3 Å². The first-order valence-electron chi connectivity index (χ1n) is 8.86. The predicted molar refractivity (Wildman–Crippen MR) is 97.0 cm³/mol. The zero-order valence-corrected chi connectivity index (χ0v) is 15.3. The van der Waals surface area contributed by atoms with Gasteiger partial charge in [0.15, 0.2) is 0 Å². The van der Waals surface area contributed by atoms with E-state index >= 15 is 0 Å². The van der Waals surface area contributed by atoms with Gasteiger partial charge in [-0.3, -0.25) is 9.59 Å². The van der Waals surface area contributed by atoms with E-state index in [1.165, 1.54) is 0 Å². The second-order valence-corrected chi connectivity index (χ2v) is 6.91. The number of hydrogen-bond acceptors (Lipinski definition) is 2. The van der Waals surface area contributed by atoms with Crippen LogP contribution in [0, 0.1) is 5.92 Å². The van der Waals surface area contributed by atoms with Crippen LogP contribution in [0.4, 0.5) is 0 Å². The van der Waals surface area contributed by atoms with Crippen molar-refractivity contribution in [3.63, 3.8) is 0 Å². The molecule has 1 aliphatic heterocycles. The summed E-state index contributed by atoms with van der Waals surface area (Å²) in [7, 11) is 0. The van der Waals surface area contributed by atoms with E-state index in [9.17, 15) is 9.59 Å². The molecular weight excluding hydrogens is 324 g/mol. The lowest BCUT2D eigenvalue weighted by molar-refractivity contribution is -0.138. The molecule has 132 valence electrons. The smallest absolute Gasteiger partial charge is 0.225 e. The van der Waals surface area contributed by atoms with Crippen LogP contribution in [0.1, 0.15) is 45.1 Å². The molecule has 0 unspecified atom stereocenters. The van der Waals surface area contributed by atoms with Crippen molar-refractivity contribution in [1.29, 1.82) is 0 Å². The molecule has 24 heavy (non-hydrogen) atoms. The Hall–Kier alpha value is -1.55. The average molecular weight is 351 g/mol.